The number of rotatable bonds is 4. The van der Waals surface area contributed by atoms with Gasteiger partial charge in [-0.25, -0.2) is 4.63 Å². The summed E-state index contributed by atoms with van der Waals surface area (Å²) in [6, 6.07) is 4.51. The Hall–Kier alpha value is -1.20. The van der Waals surface area contributed by atoms with Gasteiger partial charge in [-0.05, 0) is 25.3 Å². The molecule has 15 heavy (non-hydrogen) atoms. The highest BCUT2D eigenvalue weighted by Gasteiger charge is 2.09. The molecule has 0 radical (unpaired) electrons. The number of hydrogen-bond donors (Lipinski definition) is 1. The molecule has 0 aliphatic carbocycles. The minimum atomic E-state index is 0.334. The first kappa shape index (κ1) is 10.3. The molecule has 0 aliphatic rings. The number of nitrogens with one attached hydrogen (secondary N) is 1. The van der Waals surface area contributed by atoms with E-state index in [9.17, 15) is 0 Å². The van der Waals surface area contributed by atoms with Crippen LogP contribution in [0.25, 0.3) is 0 Å². The molecule has 2 aromatic rings. The Kier molecular flexibility index (Phi) is 3.13. The Morgan fingerprint density at radius 1 is 1.53 bits per heavy atom. The van der Waals surface area contributed by atoms with Crippen LogP contribution in [0.3, 0.4) is 0 Å². The van der Waals surface area contributed by atoms with Crippen molar-refractivity contribution >= 4 is 11.3 Å². The second-order valence-corrected chi connectivity index (χ2v) is 4.39. The van der Waals surface area contributed by atoms with Crippen LogP contribution in [0.1, 0.15) is 29.2 Å². The molecule has 1 atom stereocenters. The summed E-state index contributed by atoms with van der Waals surface area (Å²) in [6.07, 6.45) is 0. The van der Waals surface area contributed by atoms with Crippen molar-refractivity contribution < 1.29 is 4.63 Å². The first-order valence-electron chi connectivity index (χ1n) is 4.82. The van der Waals surface area contributed by atoms with Crippen LogP contribution in [0, 0.1) is 6.92 Å². The van der Waals surface area contributed by atoms with Gasteiger partial charge in [0.15, 0.2) is 0 Å². The van der Waals surface area contributed by atoms with Crippen molar-refractivity contribution in [2.24, 2.45) is 0 Å². The second-order valence-electron chi connectivity index (χ2n) is 3.41. The molecule has 4 nitrogen and oxygen atoms in total. The normalized spacial score (nSPS) is 12.9. The molecule has 0 saturated carbocycles. The predicted molar refractivity (Wildman–Crippen MR) is 58.6 cm³/mol. The number of thiophene rings is 1. The standard InChI is InChI=1S/C10H13N3OS/c1-7-9(13-14-12-7)6-11-8(2)10-4-3-5-15-10/h3-5,8,11H,6H2,1-2H3/t8-/m1/s1. The minimum absolute atomic E-state index is 0.334. The topological polar surface area (TPSA) is 51.0 Å². The molecule has 2 aromatic heterocycles. The third-order valence-electron chi connectivity index (χ3n) is 2.29. The van der Waals surface area contributed by atoms with Crippen LogP contribution >= 0.6 is 11.3 Å². The molecular weight excluding hydrogens is 210 g/mol. The summed E-state index contributed by atoms with van der Waals surface area (Å²) >= 11 is 1.75. The van der Waals surface area contributed by atoms with E-state index in [1.54, 1.807) is 11.3 Å². The van der Waals surface area contributed by atoms with Crippen molar-refractivity contribution in [1.82, 2.24) is 15.6 Å². The molecule has 0 spiro atoms. The molecule has 1 N–H and O–H groups in total. The largest absolute Gasteiger partial charge is 0.304 e. The molecule has 80 valence electrons. The molecule has 0 aliphatic heterocycles. The lowest BCUT2D eigenvalue weighted by Gasteiger charge is -2.10. The number of aryl methyl sites for hydroxylation is 1. The third-order valence-corrected chi connectivity index (χ3v) is 3.35. The van der Waals surface area contributed by atoms with Crippen LogP contribution in [0.5, 0.6) is 0 Å². The van der Waals surface area contributed by atoms with E-state index in [0.717, 1.165) is 11.4 Å². The van der Waals surface area contributed by atoms with E-state index in [-0.39, 0.29) is 0 Å². The van der Waals surface area contributed by atoms with Gasteiger partial charge in [0.1, 0.15) is 11.4 Å². The van der Waals surface area contributed by atoms with Crippen LogP contribution in [0.2, 0.25) is 0 Å². The van der Waals surface area contributed by atoms with Crippen LogP contribution < -0.4 is 5.32 Å². The summed E-state index contributed by atoms with van der Waals surface area (Å²) in [6.45, 7) is 4.71. The lowest BCUT2D eigenvalue weighted by molar-refractivity contribution is 0.300. The number of aromatic nitrogens is 2. The fraction of sp³-hybridized carbons (Fsp3) is 0.400. The van der Waals surface area contributed by atoms with E-state index in [2.05, 4.69) is 44.7 Å². The van der Waals surface area contributed by atoms with Crippen LogP contribution in [-0.2, 0) is 6.54 Å². The maximum absolute atomic E-state index is 4.63. The highest BCUT2D eigenvalue weighted by molar-refractivity contribution is 7.10. The first-order chi connectivity index (χ1) is 7.27. The van der Waals surface area contributed by atoms with Gasteiger partial charge in [-0.3, -0.25) is 0 Å². The van der Waals surface area contributed by atoms with E-state index in [1.807, 2.05) is 6.92 Å². The molecule has 2 rings (SSSR count). The monoisotopic (exact) mass is 223 g/mol. The Bertz CT molecular complexity index is 410. The van der Waals surface area contributed by atoms with Gasteiger partial charge >= 0.3 is 0 Å². The summed E-state index contributed by atoms with van der Waals surface area (Å²) in [5, 5.41) is 13.0. The van der Waals surface area contributed by atoms with Gasteiger partial charge in [-0.15, -0.1) is 11.3 Å². The second kappa shape index (κ2) is 4.55. The van der Waals surface area contributed by atoms with Crippen molar-refractivity contribution in [3.05, 3.63) is 33.8 Å². The van der Waals surface area contributed by atoms with Crippen molar-refractivity contribution in [2.75, 3.05) is 0 Å². The van der Waals surface area contributed by atoms with E-state index in [1.165, 1.54) is 4.88 Å². The summed E-state index contributed by atoms with van der Waals surface area (Å²) in [4.78, 5) is 1.32. The Morgan fingerprint density at radius 3 is 3.00 bits per heavy atom. The minimum Gasteiger partial charge on any atom is -0.304 e. The van der Waals surface area contributed by atoms with Crippen LogP contribution in [0.15, 0.2) is 22.1 Å². The predicted octanol–water partition coefficient (Wildman–Crippen LogP) is 2.29. The lowest BCUT2D eigenvalue weighted by Crippen LogP contribution is -2.17. The van der Waals surface area contributed by atoms with Gasteiger partial charge in [0.25, 0.3) is 0 Å². The molecule has 0 saturated heterocycles. The van der Waals surface area contributed by atoms with Crippen LogP contribution in [-0.4, -0.2) is 10.3 Å². The SMILES string of the molecule is Cc1nonc1CN[C@H](C)c1cccs1. The summed E-state index contributed by atoms with van der Waals surface area (Å²) in [5.74, 6) is 0. The first-order valence-corrected chi connectivity index (χ1v) is 5.70. The highest BCUT2D eigenvalue weighted by atomic mass is 32.1. The van der Waals surface area contributed by atoms with E-state index in [4.69, 9.17) is 0 Å². The zero-order valence-corrected chi connectivity index (χ0v) is 9.54. The molecule has 5 heteroatoms. The molecule has 0 bridgehead atoms. The summed E-state index contributed by atoms with van der Waals surface area (Å²) in [7, 11) is 0. The van der Waals surface area contributed by atoms with Crippen molar-refractivity contribution in [1.29, 1.82) is 0 Å². The molecule has 0 unspecified atom stereocenters. The molecule has 0 fully saturated rings. The third kappa shape index (κ3) is 2.43. The van der Waals surface area contributed by atoms with Gasteiger partial charge in [-0.2, -0.15) is 0 Å². The molecule has 2 heterocycles. The van der Waals surface area contributed by atoms with Gasteiger partial charge in [0.05, 0.1) is 0 Å². The average molecular weight is 223 g/mol. The Morgan fingerprint density at radius 2 is 2.40 bits per heavy atom. The number of nitrogens with zero attached hydrogens (tertiary/aromatic N) is 2. The van der Waals surface area contributed by atoms with Crippen molar-refractivity contribution in [3.8, 4) is 0 Å². The highest BCUT2D eigenvalue weighted by Crippen LogP contribution is 2.18. The van der Waals surface area contributed by atoms with Crippen molar-refractivity contribution in [2.45, 2.75) is 26.4 Å². The summed E-state index contributed by atoms with van der Waals surface area (Å²) < 4.78 is 4.63. The van der Waals surface area contributed by atoms with Gasteiger partial charge in [-0.1, -0.05) is 16.4 Å². The summed E-state index contributed by atoms with van der Waals surface area (Å²) in [5.41, 5.74) is 1.72. The quantitative estimate of drug-likeness (QED) is 0.864. The smallest absolute Gasteiger partial charge is 0.121 e. The average Bonchev–Trinajstić information content (AvgIpc) is 2.85. The van der Waals surface area contributed by atoms with Gasteiger partial charge in [0, 0.05) is 17.5 Å². The lowest BCUT2D eigenvalue weighted by atomic mass is 10.2. The van der Waals surface area contributed by atoms with E-state index in [0.29, 0.717) is 12.6 Å². The zero-order chi connectivity index (χ0) is 10.7. The van der Waals surface area contributed by atoms with E-state index >= 15 is 0 Å². The maximum Gasteiger partial charge on any atom is 0.121 e. The van der Waals surface area contributed by atoms with Gasteiger partial charge < -0.3 is 5.32 Å². The zero-order valence-electron chi connectivity index (χ0n) is 8.73. The Labute approximate surface area is 92.3 Å². The number of hydrogen-bond acceptors (Lipinski definition) is 5. The molecule has 0 amide bonds. The molecular formula is C10H13N3OS. The van der Waals surface area contributed by atoms with Gasteiger partial charge in [0.2, 0.25) is 0 Å². The Balaban J connectivity index is 1.91. The fourth-order valence-electron chi connectivity index (χ4n) is 1.30. The van der Waals surface area contributed by atoms with E-state index < -0.39 is 0 Å². The van der Waals surface area contributed by atoms with Crippen LogP contribution in [0.4, 0.5) is 0 Å². The maximum atomic E-state index is 4.63. The fourth-order valence-corrected chi connectivity index (χ4v) is 2.06. The van der Waals surface area contributed by atoms with Crippen molar-refractivity contribution in [3.63, 3.8) is 0 Å². The molecule has 0 aromatic carbocycles.